The minimum Gasteiger partial charge on any atom is -0.490 e. The molecule has 0 unspecified atom stereocenters. The SMILES string of the molecule is CCOc1cc2c(cc1OCC)Oc1ncnc(Nc3ccc(F)c(Cl)c3)c1N=C2. The fourth-order valence-corrected chi connectivity index (χ4v) is 3.06. The normalized spacial score (nSPS) is 11.7. The number of rotatable bonds is 6. The van der Waals surface area contributed by atoms with Gasteiger partial charge in [0.1, 0.15) is 17.9 Å². The van der Waals surface area contributed by atoms with Crippen molar-refractivity contribution in [2.75, 3.05) is 18.5 Å². The molecule has 1 N–H and O–H groups in total. The van der Waals surface area contributed by atoms with Crippen molar-refractivity contribution >= 4 is 35.0 Å². The van der Waals surface area contributed by atoms with Crippen LogP contribution in [0.1, 0.15) is 19.4 Å². The van der Waals surface area contributed by atoms with Gasteiger partial charge in [-0.1, -0.05) is 11.6 Å². The molecule has 2 aromatic carbocycles. The maximum atomic E-state index is 13.4. The molecule has 0 aliphatic carbocycles. The lowest BCUT2D eigenvalue weighted by atomic mass is 10.2. The van der Waals surface area contributed by atoms with Crippen LogP contribution in [0.25, 0.3) is 0 Å². The zero-order chi connectivity index (χ0) is 21.1. The van der Waals surface area contributed by atoms with E-state index in [0.717, 1.165) is 0 Å². The maximum Gasteiger partial charge on any atom is 0.250 e. The molecule has 154 valence electrons. The molecule has 1 aliphatic rings. The molecule has 7 nitrogen and oxygen atoms in total. The number of benzene rings is 2. The number of aromatic nitrogens is 2. The van der Waals surface area contributed by atoms with Crippen molar-refractivity contribution in [3.63, 3.8) is 0 Å². The second-order valence-electron chi connectivity index (χ2n) is 6.19. The van der Waals surface area contributed by atoms with E-state index >= 15 is 0 Å². The zero-order valence-corrected chi connectivity index (χ0v) is 17.0. The largest absolute Gasteiger partial charge is 0.490 e. The fraction of sp³-hybridized carbons (Fsp3) is 0.190. The third-order valence-corrected chi connectivity index (χ3v) is 4.48. The number of nitrogens with zero attached hydrogens (tertiary/aromatic N) is 3. The van der Waals surface area contributed by atoms with Crippen molar-refractivity contribution in [2.45, 2.75) is 13.8 Å². The monoisotopic (exact) mass is 428 g/mol. The molecule has 0 saturated heterocycles. The van der Waals surface area contributed by atoms with Gasteiger partial charge in [-0.3, -0.25) is 0 Å². The number of nitrogens with one attached hydrogen (secondary N) is 1. The van der Waals surface area contributed by atoms with Crippen LogP contribution in [0.5, 0.6) is 23.1 Å². The number of ether oxygens (including phenoxy) is 3. The van der Waals surface area contributed by atoms with Crippen LogP contribution in [-0.4, -0.2) is 29.4 Å². The molecule has 9 heteroatoms. The van der Waals surface area contributed by atoms with Gasteiger partial charge in [-0.2, -0.15) is 4.98 Å². The van der Waals surface area contributed by atoms with Gasteiger partial charge in [-0.25, -0.2) is 14.4 Å². The predicted molar refractivity (Wildman–Crippen MR) is 113 cm³/mol. The van der Waals surface area contributed by atoms with Gasteiger partial charge >= 0.3 is 0 Å². The summed E-state index contributed by atoms with van der Waals surface area (Å²) in [7, 11) is 0. The Morgan fingerprint density at radius 3 is 2.57 bits per heavy atom. The zero-order valence-electron chi connectivity index (χ0n) is 16.3. The van der Waals surface area contributed by atoms with E-state index in [1.165, 1.54) is 18.5 Å². The Morgan fingerprint density at radius 2 is 1.83 bits per heavy atom. The Labute approximate surface area is 177 Å². The molecular formula is C21H18ClFN4O3. The molecule has 0 radical (unpaired) electrons. The molecule has 0 bridgehead atoms. The van der Waals surface area contributed by atoms with Gasteiger partial charge in [0.25, 0.3) is 5.88 Å². The summed E-state index contributed by atoms with van der Waals surface area (Å²) < 4.78 is 30.8. The van der Waals surface area contributed by atoms with Crippen molar-refractivity contribution in [3.05, 3.63) is 53.1 Å². The molecule has 0 atom stereocenters. The quantitative estimate of drug-likeness (QED) is 0.426. The van der Waals surface area contributed by atoms with Crippen LogP contribution in [0.3, 0.4) is 0 Å². The number of hydrogen-bond donors (Lipinski definition) is 1. The second-order valence-corrected chi connectivity index (χ2v) is 6.60. The van der Waals surface area contributed by atoms with Gasteiger partial charge in [-0.05, 0) is 38.1 Å². The van der Waals surface area contributed by atoms with Gasteiger partial charge in [0.05, 0.1) is 18.2 Å². The molecule has 2 heterocycles. The third kappa shape index (κ3) is 3.99. The first-order valence-electron chi connectivity index (χ1n) is 9.31. The van der Waals surface area contributed by atoms with Crippen LogP contribution < -0.4 is 19.5 Å². The van der Waals surface area contributed by atoms with E-state index in [-0.39, 0.29) is 10.9 Å². The lowest BCUT2D eigenvalue weighted by Crippen LogP contribution is -2.01. The van der Waals surface area contributed by atoms with Crippen LogP contribution >= 0.6 is 11.6 Å². The first kappa shape index (κ1) is 19.9. The maximum absolute atomic E-state index is 13.4. The van der Waals surface area contributed by atoms with E-state index in [0.29, 0.717) is 53.2 Å². The summed E-state index contributed by atoms with van der Waals surface area (Å²) >= 11 is 5.87. The number of hydrogen-bond acceptors (Lipinski definition) is 7. The molecule has 0 fully saturated rings. The summed E-state index contributed by atoms with van der Waals surface area (Å²) in [4.78, 5) is 12.9. The van der Waals surface area contributed by atoms with Crippen LogP contribution in [0.2, 0.25) is 5.02 Å². The van der Waals surface area contributed by atoms with Crippen molar-refractivity contribution in [1.29, 1.82) is 0 Å². The highest BCUT2D eigenvalue weighted by atomic mass is 35.5. The van der Waals surface area contributed by atoms with Gasteiger partial charge in [0.15, 0.2) is 23.0 Å². The second kappa shape index (κ2) is 8.54. The number of anilines is 2. The summed E-state index contributed by atoms with van der Waals surface area (Å²) in [6.45, 7) is 4.78. The van der Waals surface area contributed by atoms with Crippen molar-refractivity contribution in [2.24, 2.45) is 4.99 Å². The van der Waals surface area contributed by atoms with E-state index in [1.807, 2.05) is 13.8 Å². The summed E-state index contributed by atoms with van der Waals surface area (Å²) in [5, 5.41) is 3.07. The van der Waals surface area contributed by atoms with Crippen LogP contribution in [-0.2, 0) is 0 Å². The third-order valence-electron chi connectivity index (χ3n) is 4.19. The van der Waals surface area contributed by atoms with Gasteiger partial charge < -0.3 is 19.5 Å². The van der Waals surface area contributed by atoms with E-state index in [1.54, 1.807) is 24.4 Å². The van der Waals surface area contributed by atoms with Crippen LogP contribution in [0, 0.1) is 5.82 Å². The van der Waals surface area contributed by atoms with Gasteiger partial charge in [0.2, 0.25) is 0 Å². The minimum absolute atomic E-state index is 0.000732. The molecule has 0 amide bonds. The standard InChI is InChI=1S/C21H18ClFN4O3/c1-3-28-17-7-12-10-24-19-20(27-13-5-6-15(23)14(22)8-13)25-11-26-21(19)30-16(12)9-18(17)29-4-2/h5-11H,3-4H2,1-2H3,(H,25,26,27). The number of fused-ring (bicyclic) bond motifs is 2. The molecule has 4 rings (SSSR count). The molecule has 1 aliphatic heterocycles. The molecule has 30 heavy (non-hydrogen) atoms. The van der Waals surface area contributed by atoms with Crippen molar-refractivity contribution in [3.8, 4) is 23.1 Å². The van der Waals surface area contributed by atoms with Crippen molar-refractivity contribution in [1.82, 2.24) is 9.97 Å². The summed E-state index contributed by atoms with van der Waals surface area (Å²) in [5.74, 6) is 1.85. The minimum atomic E-state index is -0.504. The van der Waals surface area contributed by atoms with E-state index in [2.05, 4.69) is 20.3 Å². The summed E-state index contributed by atoms with van der Waals surface area (Å²) in [6.07, 6.45) is 3.00. The summed E-state index contributed by atoms with van der Waals surface area (Å²) in [6, 6.07) is 7.84. The lowest BCUT2D eigenvalue weighted by Gasteiger charge is -2.14. The Bertz CT molecular complexity index is 1120. The van der Waals surface area contributed by atoms with E-state index in [4.69, 9.17) is 25.8 Å². The van der Waals surface area contributed by atoms with Crippen molar-refractivity contribution < 1.29 is 18.6 Å². The highest BCUT2D eigenvalue weighted by Gasteiger charge is 2.20. The van der Waals surface area contributed by atoms with Crippen LogP contribution in [0.15, 0.2) is 41.7 Å². The smallest absolute Gasteiger partial charge is 0.250 e. The average Bonchev–Trinajstić information content (AvgIpc) is 2.91. The van der Waals surface area contributed by atoms with Crippen LogP contribution in [0.4, 0.5) is 21.6 Å². The summed E-state index contributed by atoms with van der Waals surface area (Å²) in [5.41, 5.74) is 1.65. The number of aliphatic imine (C=N–C) groups is 1. The van der Waals surface area contributed by atoms with E-state index in [9.17, 15) is 4.39 Å². The highest BCUT2D eigenvalue weighted by molar-refractivity contribution is 6.31. The molecule has 0 saturated carbocycles. The van der Waals surface area contributed by atoms with Gasteiger partial charge in [-0.15, -0.1) is 0 Å². The number of halogens is 2. The predicted octanol–water partition coefficient (Wildman–Crippen LogP) is 5.67. The molecule has 0 spiro atoms. The Balaban J connectivity index is 1.71. The Kier molecular flexibility index (Phi) is 5.67. The Hall–Kier alpha value is -3.39. The Morgan fingerprint density at radius 1 is 1.07 bits per heavy atom. The fourth-order valence-electron chi connectivity index (χ4n) is 2.88. The molecule has 1 aromatic heterocycles. The first-order chi connectivity index (χ1) is 14.6. The van der Waals surface area contributed by atoms with Gasteiger partial charge in [0, 0.05) is 23.5 Å². The highest BCUT2D eigenvalue weighted by Crippen LogP contribution is 2.42. The average molecular weight is 429 g/mol. The molecule has 3 aromatic rings. The van der Waals surface area contributed by atoms with E-state index < -0.39 is 5.82 Å². The topological polar surface area (TPSA) is 77.9 Å². The lowest BCUT2D eigenvalue weighted by molar-refractivity contribution is 0.286. The first-order valence-corrected chi connectivity index (χ1v) is 9.69. The molecular weight excluding hydrogens is 411 g/mol.